The molecular weight excluding hydrogens is 204 g/mol. The van der Waals surface area contributed by atoms with E-state index in [1.54, 1.807) is 42.0 Å². The molecule has 0 unspecified atom stereocenters. The summed E-state index contributed by atoms with van der Waals surface area (Å²) < 4.78 is 0. The minimum Gasteiger partial charge on any atom is -0.345 e. The van der Waals surface area contributed by atoms with E-state index in [0.29, 0.717) is 11.1 Å². The number of amides is 2. The van der Waals surface area contributed by atoms with Crippen LogP contribution in [0.15, 0.2) is 24.3 Å². The molecule has 0 aromatic rings. The smallest absolute Gasteiger partial charge is 0.248 e. The van der Waals surface area contributed by atoms with Crippen LogP contribution in [0, 0.1) is 0 Å². The van der Waals surface area contributed by atoms with Crippen molar-refractivity contribution < 1.29 is 9.59 Å². The summed E-state index contributed by atoms with van der Waals surface area (Å²) in [6, 6.07) is 0. The second-order valence-electron chi connectivity index (χ2n) is 3.96. The monoisotopic (exact) mass is 226 g/mol. The molecule has 0 radical (unpaired) electrons. The Morgan fingerprint density at radius 1 is 0.750 bits per heavy atom. The Hall–Kier alpha value is -1.58. The first-order chi connectivity index (χ1) is 7.11. The lowest BCUT2D eigenvalue weighted by atomic mass is 10.3. The standard InChI is InChI=1S/2C6H11NO/c2*1-5(2)6(8)7(3)4/h2*1H2,2-4H3. The zero-order chi connectivity index (χ0) is 13.5. The molecular formula is C12H22N2O2. The van der Waals surface area contributed by atoms with Gasteiger partial charge in [-0.3, -0.25) is 9.59 Å². The summed E-state index contributed by atoms with van der Waals surface area (Å²) in [6.45, 7) is 10.4. The largest absolute Gasteiger partial charge is 0.345 e. The van der Waals surface area contributed by atoms with E-state index in [4.69, 9.17) is 0 Å². The summed E-state index contributed by atoms with van der Waals surface area (Å²) in [5.74, 6) is -0.0185. The number of carbonyl (C=O) groups is 2. The zero-order valence-electron chi connectivity index (χ0n) is 11.1. The first-order valence-corrected chi connectivity index (χ1v) is 4.85. The van der Waals surface area contributed by atoms with Gasteiger partial charge in [0.15, 0.2) is 0 Å². The third-order valence-corrected chi connectivity index (χ3v) is 1.54. The fourth-order valence-corrected chi connectivity index (χ4v) is 0.763. The van der Waals surface area contributed by atoms with Gasteiger partial charge >= 0.3 is 0 Å². The molecule has 16 heavy (non-hydrogen) atoms. The highest BCUT2D eigenvalue weighted by atomic mass is 16.2. The van der Waals surface area contributed by atoms with Gasteiger partial charge < -0.3 is 9.80 Å². The Labute approximate surface area is 98.2 Å². The molecule has 0 saturated heterocycles. The zero-order valence-corrected chi connectivity index (χ0v) is 11.1. The number of likely N-dealkylation sites (N-methyl/N-ethyl adjacent to an activating group) is 2. The summed E-state index contributed by atoms with van der Waals surface area (Å²) in [5.41, 5.74) is 1.16. The summed E-state index contributed by atoms with van der Waals surface area (Å²) in [7, 11) is 6.82. The highest BCUT2D eigenvalue weighted by Gasteiger charge is 2.01. The van der Waals surface area contributed by atoms with E-state index < -0.39 is 0 Å². The molecule has 4 heteroatoms. The molecule has 0 aliphatic carbocycles. The second kappa shape index (κ2) is 7.68. The summed E-state index contributed by atoms with van der Waals surface area (Å²) in [4.78, 5) is 24.3. The van der Waals surface area contributed by atoms with Gasteiger partial charge in [0.2, 0.25) is 11.8 Å². The van der Waals surface area contributed by atoms with Crippen molar-refractivity contribution in [3.05, 3.63) is 24.3 Å². The molecule has 92 valence electrons. The van der Waals surface area contributed by atoms with E-state index in [1.807, 2.05) is 0 Å². The van der Waals surface area contributed by atoms with Gasteiger partial charge in [-0.25, -0.2) is 0 Å². The highest BCUT2D eigenvalue weighted by molar-refractivity contribution is 5.92. The summed E-state index contributed by atoms with van der Waals surface area (Å²) in [5, 5.41) is 0. The minimum atomic E-state index is -0.00926. The molecule has 0 saturated carbocycles. The van der Waals surface area contributed by atoms with Gasteiger partial charge in [0, 0.05) is 39.3 Å². The molecule has 2 amide bonds. The highest BCUT2D eigenvalue weighted by Crippen LogP contribution is 1.90. The molecule has 0 fully saturated rings. The van der Waals surface area contributed by atoms with Crippen molar-refractivity contribution in [2.24, 2.45) is 0 Å². The van der Waals surface area contributed by atoms with Crippen molar-refractivity contribution in [3.8, 4) is 0 Å². The molecule has 0 aromatic heterocycles. The quantitative estimate of drug-likeness (QED) is 0.666. The lowest BCUT2D eigenvalue weighted by Gasteiger charge is -2.07. The average Bonchev–Trinajstić information content (AvgIpc) is 2.15. The van der Waals surface area contributed by atoms with E-state index in [1.165, 1.54) is 9.80 Å². The molecule has 0 aliphatic rings. The summed E-state index contributed by atoms with van der Waals surface area (Å²) in [6.07, 6.45) is 0. The minimum absolute atomic E-state index is 0.00926. The van der Waals surface area contributed by atoms with Gasteiger partial charge in [0.1, 0.15) is 0 Å². The van der Waals surface area contributed by atoms with Crippen molar-refractivity contribution in [3.63, 3.8) is 0 Å². The predicted octanol–water partition coefficient (Wildman–Crippen LogP) is 1.30. The van der Waals surface area contributed by atoms with Crippen LogP contribution in [0.1, 0.15) is 13.8 Å². The maximum absolute atomic E-state index is 10.7. The van der Waals surface area contributed by atoms with Crippen LogP contribution in [0.2, 0.25) is 0 Å². The van der Waals surface area contributed by atoms with Gasteiger partial charge in [0.25, 0.3) is 0 Å². The van der Waals surface area contributed by atoms with E-state index in [2.05, 4.69) is 13.2 Å². The first-order valence-electron chi connectivity index (χ1n) is 4.85. The van der Waals surface area contributed by atoms with Crippen molar-refractivity contribution in [2.75, 3.05) is 28.2 Å². The molecule has 0 bridgehead atoms. The molecule has 0 N–H and O–H groups in total. The number of hydrogen-bond donors (Lipinski definition) is 0. The van der Waals surface area contributed by atoms with Gasteiger partial charge in [0.05, 0.1) is 0 Å². The fourth-order valence-electron chi connectivity index (χ4n) is 0.763. The van der Waals surface area contributed by atoms with Crippen molar-refractivity contribution >= 4 is 11.8 Å². The average molecular weight is 226 g/mol. The number of carbonyl (C=O) groups excluding carboxylic acids is 2. The second-order valence-corrected chi connectivity index (χ2v) is 3.96. The molecule has 0 aliphatic heterocycles. The predicted molar refractivity (Wildman–Crippen MR) is 67.0 cm³/mol. The van der Waals surface area contributed by atoms with Crippen LogP contribution in [-0.2, 0) is 9.59 Å². The molecule has 4 nitrogen and oxygen atoms in total. The third kappa shape index (κ3) is 7.79. The van der Waals surface area contributed by atoms with Crippen LogP contribution in [0.3, 0.4) is 0 Å². The Morgan fingerprint density at radius 2 is 0.938 bits per heavy atom. The van der Waals surface area contributed by atoms with Crippen molar-refractivity contribution in [1.82, 2.24) is 9.80 Å². The Kier molecular flexibility index (Phi) is 8.08. The molecule has 0 spiro atoms. The maximum Gasteiger partial charge on any atom is 0.248 e. The van der Waals surface area contributed by atoms with Gasteiger partial charge in [-0.15, -0.1) is 0 Å². The summed E-state index contributed by atoms with van der Waals surface area (Å²) >= 11 is 0. The lowest BCUT2D eigenvalue weighted by Crippen LogP contribution is -2.21. The lowest BCUT2D eigenvalue weighted by molar-refractivity contribution is -0.125. The van der Waals surface area contributed by atoms with E-state index in [0.717, 1.165) is 0 Å². The fraction of sp³-hybridized carbons (Fsp3) is 0.500. The SMILES string of the molecule is C=C(C)C(=O)N(C)C.C=C(C)C(=O)N(C)C. The normalized spacial score (nSPS) is 8.38. The van der Waals surface area contributed by atoms with E-state index >= 15 is 0 Å². The van der Waals surface area contributed by atoms with Crippen LogP contribution in [0.25, 0.3) is 0 Å². The Bertz CT molecular complexity index is 261. The number of rotatable bonds is 2. The first kappa shape index (κ1) is 16.8. The number of nitrogens with zero attached hydrogens (tertiary/aromatic N) is 2. The van der Waals surface area contributed by atoms with Crippen LogP contribution in [-0.4, -0.2) is 49.8 Å². The van der Waals surface area contributed by atoms with Gasteiger partial charge in [-0.2, -0.15) is 0 Å². The van der Waals surface area contributed by atoms with Crippen LogP contribution >= 0.6 is 0 Å². The molecule has 0 heterocycles. The molecule has 0 rings (SSSR count). The van der Waals surface area contributed by atoms with E-state index in [9.17, 15) is 9.59 Å². The third-order valence-electron chi connectivity index (χ3n) is 1.54. The van der Waals surface area contributed by atoms with Crippen LogP contribution < -0.4 is 0 Å². The van der Waals surface area contributed by atoms with Crippen molar-refractivity contribution in [1.29, 1.82) is 0 Å². The number of hydrogen-bond acceptors (Lipinski definition) is 2. The van der Waals surface area contributed by atoms with E-state index in [-0.39, 0.29) is 11.8 Å². The van der Waals surface area contributed by atoms with Crippen LogP contribution in [0.5, 0.6) is 0 Å². The molecule has 0 aromatic carbocycles. The Balaban J connectivity index is 0. The topological polar surface area (TPSA) is 40.6 Å². The maximum atomic E-state index is 10.7. The van der Waals surface area contributed by atoms with Crippen LogP contribution in [0.4, 0.5) is 0 Å². The van der Waals surface area contributed by atoms with Gasteiger partial charge in [-0.05, 0) is 13.8 Å². The van der Waals surface area contributed by atoms with Gasteiger partial charge in [-0.1, -0.05) is 13.2 Å². The molecule has 0 atom stereocenters. The Morgan fingerprint density at radius 3 is 0.938 bits per heavy atom. The van der Waals surface area contributed by atoms with Crippen molar-refractivity contribution in [2.45, 2.75) is 13.8 Å².